The molecule has 0 spiro atoms. The molecule has 1 fully saturated rings. The molecule has 2 amide bonds. The van der Waals surface area contributed by atoms with Gasteiger partial charge in [0.2, 0.25) is 18.6 Å². The van der Waals surface area contributed by atoms with Crippen molar-refractivity contribution in [2.45, 2.75) is 45.7 Å². The van der Waals surface area contributed by atoms with E-state index in [0.717, 1.165) is 17.7 Å². The maximum Gasteiger partial charge on any atom is 0.242 e. The second kappa shape index (κ2) is 12.4. The van der Waals surface area contributed by atoms with Crippen LogP contribution in [0.4, 0.5) is 0 Å². The van der Waals surface area contributed by atoms with E-state index in [1.165, 1.54) is 5.56 Å². The van der Waals surface area contributed by atoms with Gasteiger partial charge in [0.25, 0.3) is 0 Å². The number of carbonyl (C=O) groups is 2. The molecule has 0 N–H and O–H groups in total. The molecule has 2 aliphatic rings. The van der Waals surface area contributed by atoms with Crippen LogP contribution in [0.1, 0.15) is 48.3 Å². The number of amides is 2. The van der Waals surface area contributed by atoms with Crippen molar-refractivity contribution in [2.24, 2.45) is 5.92 Å². The number of hydrogen-bond acceptors (Lipinski definition) is 6. The predicted octanol–water partition coefficient (Wildman–Crippen LogP) is 4.90. The third-order valence-corrected chi connectivity index (χ3v) is 7.20. The second-order valence-corrected chi connectivity index (χ2v) is 10.1. The van der Waals surface area contributed by atoms with Gasteiger partial charge in [-0.05, 0) is 68.0 Å². The van der Waals surface area contributed by atoms with Crippen molar-refractivity contribution in [3.63, 3.8) is 0 Å². The highest BCUT2D eigenvalue weighted by molar-refractivity contribution is 5.88. The summed E-state index contributed by atoms with van der Waals surface area (Å²) in [5, 5.41) is 0. The van der Waals surface area contributed by atoms with Crippen molar-refractivity contribution in [3.05, 3.63) is 83.3 Å². The molecule has 2 atom stereocenters. The Kier molecular flexibility index (Phi) is 8.51. The minimum atomic E-state index is -0.136. The number of benzene rings is 2. The molecule has 0 saturated heterocycles. The number of nitrogens with zero attached hydrogens (tertiary/aromatic N) is 2. The van der Waals surface area contributed by atoms with E-state index in [-0.39, 0.29) is 37.0 Å². The maximum absolute atomic E-state index is 13.8. The number of rotatable bonds is 13. The predicted molar refractivity (Wildman–Crippen MR) is 145 cm³/mol. The highest BCUT2D eigenvalue weighted by Gasteiger charge is 2.46. The van der Waals surface area contributed by atoms with Gasteiger partial charge in [0.15, 0.2) is 11.5 Å². The van der Waals surface area contributed by atoms with Gasteiger partial charge in [0.05, 0.1) is 13.1 Å². The molecule has 3 aromatic rings. The molecule has 2 unspecified atom stereocenters. The number of hydrogen-bond donors (Lipinski definition) is 0. The number of ether oxygens (including phenoxy) is 3. The molecular formula is C31H36N2O6. The van der Waals surface area contributed by atoms with Crippen molar-refractivity contribution in [1.29, 1.82) is 0 Å². The summed E-state index contributed by atoms with van der Waals surface area (Å²) in [6.45, 7) is 6.33. The van der Waals surface area contributed by atoms with Crippen LogP contribution in [0.2, 0.25) is 0 Å². The Morgan fingerprint density at radius 3 is 2.56 bits per heavy atom. The molecule has 1 aliphatic heterocycles. The quantitative estimate of drug-likeness (QED) is 0.291. The van der Waals surface area contributed by atoms with Gasteiger partial charge in [-0.3, -0.25) is 9.59 Å². The monoisotopic (exact) mass is 532 g/mol. The summed E-state index contributed by atoms with van der Waals surface area (Å²) >= 11 is 0. The summed E-state index contributed by atoms with van der Waals surface area (Å²) in [6, 6.07) is 19.6. The van der Waals surface area contributed by atoms with E-state index >= 15 is 0 Å². The molecule has 1 aromatic heterocycles. The Labute approximate surface area is 229 Å². The Bertz CT molecular complexity index is 1270. The zero-order valence-electron chi connectivity index (χ0n) is 22.6. The molecule has 2 aromatic carbocycles. The van der Waals surface area contributed by atoms with Gasteiger partial charge >= 0.3 is 0 Å². The third-order valence-electron chi connectivity index (χ3n) is 7.20. The molecule has 5 rings (SSSR count). The van der Waals surface area contributed by atoms with E-state index in [0.29, 0.717) is 56.5 Å². The highest BCUT2D eigenvalue weighted by atomic mass is 16.7. The first kappa shape index (κ1) is 26.8. The minimum Gasteiger partial charge on any atom is -0.464 e. The molecular weight excluding hydrogens is 496 g/mol. The molecule has 206 valence electrons. The van der Waals surface area contributed by atoms with E-state index < -0.39 is 0 Å². The third kappa shape index (κ3) is 6.81. The molecule has 1 saturated carbocycles. The number of aryl methyl sites for hydroxylation is 1. The lowest BCUT2D eigenvalue weighted by atomic mass is 10.1. The van der Waals surface area contributed by atoms with Gasteiger partial charge in [0.1, 0.15) is 11.5 Å². The molecule has 1 aliphatic carbocycles. The molecule has 8 heteroatoms. The Morgan fingerprint density at radius 2 is 1.79 bits per heavy atom. The van der Waals surface area contributed by atoms with Gasteiger partial charge in [-0.25, -0.2) is 0 Å². The Balaban J connectivity index is 1.31. The number of fused-ring (bicyclic) bond motifs is 1. The van der Waals surface area contributed by atoms with Crippen LogP contribution < -0.4 is 9.47 Å². The minimum absolute atomic E-state index is 0.00715. The van der Waals surface area contributed by atoms with Crippen molar-refractivity contribution >= 4 is 11.8 Å². The summed E-state index contributed by atoms with van der Waals surface area (Å²) < 4.78 is 22.3. The van der Waals surface area contributed by atoms with Crippen molar-refractivity contribution in [3.8, 4) is 11.5 Å². The molecule has 0 radical (unpaired) electrons. The summed E-state index contributed by atoms with van der Waals surface area (Å²) in [4.78, 5) is 30.9. The van der Waals surface area contributed by atoms with Gasteiger partial charge in [-0.15, -0.1) is 0 Å². The van der Waals surface area contributed by atoms with Crippen molar-refractivity contribution < 1.29 is 28.2 Å². The SMILES string of the molecule is CCOCCCN(CC(=O)N(Cc1ccc2c(c1)OCO2)Cc1ccc(C)o1)C(=O)C1CC1c1ccccc1. The van der Waals surface area contributed by atoms with Crippen LogP contribution in [-0.2, 0) is 27.4 Å². The fourth-order valence-electron chi connectivity index (χ4n) is 5.05. The standard InChI is InChI=1S/C31H36N2O6/c1-3-36-15-7-14-32(31(35)27-17-26(27)24-8-5-4-6-9-24)20-30(34)33(19-25-12-10-22(2)39-25)18-23-11-13-28-29(16-23)38-21-37-28/h4-6,8-13,16,26-27H,3,7,14-15,17-21H2,1-2H3. The van der Waals surface area contributed by atoms with Crippen LogP contribution in [0.15, 0.2) is 65.1 Å². The fourth-order valence-corrected chi connectivity index (χ4v) is 5.05. The lowest BCUT2D eigenvalue weighted by Crippen LogP contribution is -2.43. The van der Waals surface area contributed by atoms with Gasteiger partial charge < -0.3 is 28.4 Å². The van der Waals surface area contributed by atoms with Gasteiger partial charge in [0, 0.05) is 32.2 Å². The zero-order valence-corrected chi connectivity index (χ0v) is 22.6. The number of carbonyl (C=O) groups excluding carboxylic acids is 2. The van der Waals surface area contributed by atoms with Gasteiger partial charge in [-0.1, -0.05) is 36.4 Å². The molecule has 8 nitrogen and oxygen atoms in total. The first-order valence-electron chi connectivity index (χ1n) is 13.6. The van der Waals surface area contributed by atoms with Crippen LogP contribution in [0.5, 0.6) is 11.5 Å². The molecule has 39 heavy (non-hydrogen) atoms. The van der Waals surface area contributed by atoms with Crippen LogP contribution in [0.25, 0.3) is 0 Å². The first-order valence-corrected chi connectivity index (χ1v) is 13.6. The lowest BCUT2D eigenvalue weighted by molar-refractivity contribution is -0.142. The summed E-state index contributed by atoms with van der Waals surface area (Å²) in [7, 11) is 0. The van der Waals surface area contributed by atoms with E-state index in [1.54, 1.807) is 9.80 Å². The summed E-state index contributed by atoms with van der Waals surface area (Å²) in [6.07, 6.45) is 1.49. The van der Waals surface area contributed by atoms with E-state index in [1.807, 2.05) is 62.4 Å². The van der Waals surface area contributed by atoms with E-state index in [2.05, 4.69) is 12.1 Å². The largest absolute Gasteiger partial charge is 0.464 e. The lowest BCUT2D eigenvalue weighted by Gasteiger charge is -2.28. The van der Waals surface area contributed by atoms with E-state index in [4.69, 9.17) is 18.6 Å². The highest BCUT2D eigenvalue weighted by Crippen LogP contribution is 2.48. The number of furan rings is 1. The Hall–Kier alpha value is -3.78. The average molecular weight is 533 g/mol. The normalized spacial score (nSPS) is 17.2. The zero-order chi connectivity index (χ0) is 27.2. The smallest absolute Gasteiger partial charge is 0.242 e. The fraction of sp³-hybridized carbons (Fsp3) is 0.419. The Morgan fingerprint density at radius 1 is 0.974 bits per heavy atom. The maximum atomic E-state index is 13.8. The van der Waals surface area contributed by atoms with Crippen LogP contribution in [0.3, 0.4) is 0 Å². The summed E-state index contributed by atoms with van der Waals surface area (Å²) in [5.41, 5.74) is 2.09. The van der Waals surface area contributed by atoms with Crippen molar-refractivity contribution in [2.75, 3.05) is 33.1 Å². The van der Waals surface area contributed by atoms with Crippen LogP contribution in [-0.4, -0.2) is 54.7 Å². The van der Waals surface area contributed by atoms with E-state index in [9.17, 15) is 9.59 Å². The topological polar surface area (TPSA) is 81.5 Å². The second-order valence-electron chi connectivity index (χ2n) is 10.1. The summed E-state index contributed by atoms with van der Waals surface area (Å²) in [5.74, 6) is 2.86. The van der Waals surface area contributed by atoms with Crippen LogP contribution >= 0.6 is 0 Å². The van der Waals surface area contributed by atoms with Crippen molar-refractivity contribution in [1.82, 2.24) is 9.80 Å². The molecule has 2 heterocycles. The average Bonchev–Trinajstić information content (AvgIpc) is 3.43. The first-order chi connectivity index (χ1) is 19.0. The van der Waals surface area contributed by atoms with Gasteiger partial charge in [-0.2, -0.15) is 0 Å². The van der Waals surface area contributed by atoms with Crippen LogP contribution in [0, 0.1) is 12.8 Å². The molecule has 0 bridgehead atoms.